The fraction of sp³-hybridized carbons (Fsp3) is 0.812. The number of aliphatic imine (C=N–C) groups is 1. The van der Waals surface area contributed by atoms with E-state index in [-0.39, 0.29) is 35.2 Å². The lowest BCUT2D eigenvalue weighted by molar-refractivity contribution is 0.499. The van der Waals surface area contributed by atoms with E-state index in [1.165, 1.54) is 0 Å². The van der Waals surface area contributed by atoms with Gasteiger partial charge in [-0.25, -0.2) is 9.48 Å². The lowest BCUT2D eigenvalue weighted by Gasteiger charge is -2.23. The van der Waals surface area contributed by atoms with E-state index in [1.54, 1.807) is 4.68 Å². The molecule has 138 valence electrons. The quantitative estimate of drug-likeness (QED) is 0.310. The lowest BCUT2D eigenvalue weighted by Crippen LogP contribution is -2.47. The number of hydrogen-bond acceptors (Lipinski definition) is 3. The van der Waals surface area contributed by atoms with E-state index >= 15 is 0 Å². The number of nitrogens with zero attached hydrogens (tertiary/aromatic N) is 4. The zero-order valence-corrected chi connectivity index (χ0v) is 17.6. The summed E-state index contributed by atoms with van der Waals surface area (Å²) in [5, 5.41) is 11.0. The molecule has 2 heterocycles. The van der Waals surface area contributed by atoms with Crippen molar-refractivity contribution in [1.82, 2.24) is 25.0 Å². The van der Waals surface area contributed by atoms with Gasteiger partial charge in [-0.05, 0) is 47.0 Å². The molecule has 1 aliphatic heterocycles. The van der Waals surface area contributed by atoms with Crippen molar-refractivity contribution in [1.29, 1.82) is 0 Å². The summed E-state index contributed by atoms with van der Waals surface area (Å²) in [7, 11) is 0. The highest BCUT2D eigenvalue weighted by Crippen LogP contribution is 2.09. The molecule has 24 heavy (non-hydrogen) atoms. The molecule has 1 aromatic heterocycles. The first-order valence-electron chi connectivity index (χ1n) is 8.64. The monoisotopic (exact) mass is 450 g/mol. The van der Waals surface area contributed by atoms with Crippen LogP contribution >= 0.6 is 24.0 Å². The van der Waals surface area contributed by atoms with Crippen LogP contribution in [0.25, 0.3) is 0 Å². The van der Waals surface area contributed by atoms with Crippen molar-refractivity contribution in [2.45, 2.75) is 72.0 Å². The van der Waals surface area contributed by atoms with Crippen LogP contribution in [-0.2, 0) is 19.5 Å². The summed E-state index contributed by atoms with van der Waals surface area (Å²) < 4.78 is 3.41. The maximum absolute atomic E-state index is 12.2. The van der Waals surface area contributed by atoms with E-state index in [2.05, 4.69) is 48.4 Å². The molecule has 1 aliphatic rings. The summed E-state index contributed by atoms with van der Waals surface area (Å²) in [5.41, 5.74) is 0.00401. The fourth-order valence-electron chi connectivity index (χ4n) is 2.67. The van der Waals surface area contributed by atoms with Gasteiger partial charge in [0.1, 0.15) is 5.82 Å². The van der Waals surface area contributed by atoms with Gasteiger partial charge in [-0.1, -0.05) is 0 Å². The average molecular weight is 450 g/mol. The third kappa shape index (κ3) is 6.10. The standard InChI is InChI=1S/C16H30N6O.HI/c1-5-17-14(19-16(2,3)4)18-10-8-12-22-15(23)21-11-7-6-9-13(21)20-22;/h5-12H2,1-4H3,(H2,17,18,19);1H. The van der Waals surface area contributed by atoms with E-state index in [0.717, 1.165) is 50.6 Å². The van der Waals surface area contributed by atoms with Crippen LogP contribution in [0.4, 0.5) is 0 Å². The minimum atomic E-state index is -0.0269. The molecule has 0 saturated carbocycles. The number of rotatable bonds is 5. The number of hydrogen-bond donors (Lipinski definition) is 2. The van der Waals surface area contributed by atoms with E-state index in [9.17, 15) is 4.79 Å². The van der Waals surface area contributed by atoms with Crippen molar-refractivity contribution >= 4 is 29.9 Å². The summed E-state index contributed by atoms with van der Waals surface area (Å²) in [4.78, 5) is 16.8. The Morgan fingerprint density at radius 1 is 1.33 bits per heavy atom. The van der Waals surface area contributed by atoms with E-state index in [4.69, 9.17) is 0 Å². The first-order valence-corrected chi connectivity index (χ1v) is 8.64. The van der Waals surface area contributed by atoms with Crippen molar-refractivity contribution < 1.29 is 0 Å². The second-order valence-electron chi connectivity index (χ2n) is 7.02. The Hall–Kier alpha value is -1.06. The van der Waals surface area contributed by atoms with Crippen LogP contribution in [0.1, 0.15) is 52.8 Å². The van der Waals surface area contributed by atoms with Crippen LogP contribution in [0.2, 0.25) is 0 Å². The molecule has 0 aliphatic carbocycles. The summed E-state index contributed by atoms with van der Waals surface area (Å²) >= 11 is 0. The number of fused-ring (bicyclic) bond motifs is 1. The Labute approximate surface area is 161 Å². The molecule has 7 nitrogen and oxygen atoms in total. The van der Waals surface area contributed by atoms with Gasteiger partial charge in [-0.2, -0.15) is 5.10 Å². The highest BCUT2D eigenvalue weighted by Gasteiger charge is 2.16. The minimum absolute atomic E-state index is 0. The Morgan fingerprint density at radius 3 is 2.71 bits per heavy atom. The molecule has 2 rings (SSSR count). The molecule has 0 spiro atoms. The molecule has 8 heteroatoms. The normalized spacial score (nSPS) is 14.8. The zero-order chi connectivity index (χ0) is 16.9. The average Bonchev–Trinajstić information content (AvgIpc) is 2.79. The van der Waals surface area contributed by atoms with Gasteiger partial charge in [0.15, 0.2) is 5.96 Å². The molecule has 0 aromatic carbocycles. The Bertz CT molecular complexity index is 599. The lowest BCUT2D eigenvalue weighted by atomic mass is 10.1. The maximum Gasteiger partial charge on any atom is 0.345 e. The van der Waals surface area contributed by atoms with Gasteiger partial charge in [0.2, 0.25) is 0 Å². The predicted molar refractivity (Wildman–Crippen MR) is 108 cm³/mol. The molecular formula is C16H31IN6O. The zero-order valence-electron chi connectivity index (χ0n) is 15.3. The second-order valence-corrected chi connectivity index (χ2v) is 7.02. The second kappa shape index (κ2) is 9.43. The van der Waals surface area contributed by atoms with Gasteiger partial charge < -0.3 is 10.6 Å². The van der Waals surface area contributed by atoms with Gasteiger partial charge in [0.25, 0.3) is 0 Å². The summed E-state index contributed by atoms with van der Waals surface area (Å²) in [6.07, 6.45) is 3.93. The van der Waals surface area contributed by atoms with E-state index < -0.39 is 0 Å². The number of halogens is 1. The first kappa shape index (κ1) is 21.0. The van der Waals surface area contributed by atoms with Gasteiger partial charge in [-0.3, -0.25) is 9.56 Å². The topological polar surface area (TPSA) is 76.2 Å². The number of aromatic nitrogens is 3. The molecule has 0 saturated heterocycles. The maximum atomic E-state index is 12.2. The van der Waals surface area contributed by atoms with E-state index in [1.807, 2.05) is 4.57 Å². The first-order chi connectivity index (χ1) is 10.9. The van der Waals surface area contributed by atoms with Gasteiger partial charge >= 0.3 is 5.69 Å². The minimum Gasteiger partial charge on any atom is -0.357 e. The molecule has 0 unspecified atom stereocenters. The van der Waals surface area contributed by atoms with E-state index in [0.29, 0.717) is 13.1 Å². The third-order valence-electron chi connectivity index (χ3n) is 3.67. The van der Waals surface area contributed by atoms with Crippen LogP contribution in [0.15, 0.2) is 9.79 Å². The summed E-state index contributed by atoms with van der Waals surface area (Å²) in [6.45, 7) is 11.3. The number of guanidine groups is 1. The molecule has 0 atom stereocenters. The predicted octanol–water partition coefficient (Wildman–Crippen LogP) is 1.74. The third-order valence-corrected chi connectivity index (χ3v) is 3.67. The summed E-state index contributed by atoms with van der Waals surface area (Å²) in [6, 6.07) is 0. The van der Waals surface area contributed by atoms with Crippen molar-refractivity contribution in [3.05, 3.63) is 16.3 Å². The van der Waals surface area contributed by atoms with Crippen LogP contribution < -0.4 is 16.3 Å². The molecule has 0 amide bonds. The van der Waals surface area contributed by atoms with Crippen molar-refractivity contribution in [3.63, 3.8) is 0 Å². The Kier molecular flexibility index (Phi) is 8.24. The van der Waals surface area contributed by atoms with Crippen LogP contribution in [0, 0.1) is 0 Å². The Morgan fingerprint density at radius 2 is 2.08 bits per heavy atom. The molecule has 1 aromatic rings. The molecule has 0 bridgehead atoms. The summed E-state index contributed by atoms with van der Waals surface area (Å²) in [5.74, 6) is 1.75. The number of nitrogens with one attached hydrogen (secondary N) is 2. The molecular weight excluding hydrogens is 419 g/mol. The molecule has 0 radical (unpaired) electrons. The van der Waals surface area contributed by atoms with Gasteiger partial charge in [0.05, 0.1) is 0 Å². The van der Waals surface area contributed by atoms with Gasteiger partial charge in [0, 0.05) is 38.1 Å². The van der Waals surface area contributed by atoms with Crippen LogP contribution in [0.5, 0.6) is 0 Å². The highest BCUT2D eigenvalue weighted by atomic mass is 127. The number of aryl methyl sites for hydroxylation is 2. The van der Waals surface area contributed by atoms with Crippen molar-refractivity contribution in [2.75, 3.05) is 13.1 Å². The fourth-order valence-corrected chi connectivity index (χ4v) is 2.67. The SMILES string of the molecule is CCNC(=NCCCn1nc2n(c1=O)CCCC2)NC(C)(C)C.I. The van der Waals surface area contributed by atoms with Crippen molar-refractivity contribution in [2.24, 2.45) is 4.99 Å². The Balaban J connectivity index is 0.00000288. The van der Waals surface area contributed by atoms with Crippen LogP contribution in [0.3, 0.4) is 0 Å². The highest BCUT2D eigenvalue weighted by molar-refractivity contribution is 14.0. The van der Waals surface area contributed by atoms with Gasteiger partial charge in [-0.15, -0.1) is 24.0 Å². The van der Waals surface area contributed by atoms with Crippen LogP contribution in [-0.4, -0.2) is 38.9 Å². The largest absolute Gasteiger partial charge is 0.357 e. The van der Waals surface area contributed by atoms with Crippen molar-refractivity contribution in [3.8, 4) is 0 Å². The molecule has 2 N–H and O–H groups in total. The smallest absolute Gasteiger partial charge is 0.345 e. The molecule has 0 fully saturated rings.